The van der Waals surface area contributed by atoms with Gasteiger partial charge in [0.1, 0.15) is 0 Å². The Morgan fingerprint density at radius 2 is 1.83 bits per heavy atom. The van der Waals surface area contributed by atoms with Gasteiger partial charge < -0.3 is 10.6 Å². The highest BCUT2D eigenvalue weighted by molar-refractivity contribution is 7.80. The van der Waals surface area contributed by atoms with Crippen molar-refractivity contribution in [3.63, 3.8) is 0 Å². The molecule has 114 valence electrons. The zero-order chi connectivity index (χ0) is 15.6. The van der Waals surface area contributed by atoms with Gasteiger partial charge in [0.2, 0.25) is 0 Å². The molecule has 1 aliphatic carbocycles. The van der Waals surface area contributed by atoms with E-state index in [0.29, 0.717) is 5.11 Å². The average molecular weight is 319 g/mol. The van der Waals surface area contributed by atoms with Gasteiger partial charge in [0.05, 0.1) is 11.2 Å². The van der Waals surface area contributed by atoms with Gasteiger partial charge in [-0.2, -0.15) is 0 Å². The first-order valence-electron chi connectivity index (χ1n) is 7.83. The lowest BCUT2D eigenvalue weighted by molar-refractivity contribution is 0.912. The van der Waals surface area contributed by atoms with E-state index < -0.39 is 0 Å². The molecule has 0 unspecified atom stereocenters. The molecule has 0 amide bonds. The largest absolute Gasteiger partial charge is 0.332 e. The predicted molar refractivity (Wildman–Crippen MR) is 100 cm³/mol. The minimum atomic E-state index is 0.584. The highest BCUT2D eigenvalue weighted by Crippen LogP contribution is 2.25. The molecule has 1 aliphatic rings. The molecule has 23 heavy (non-hydrogen) atoms. The molecule has 1 heterocycles. The van der Waals surface area contributed by atoms with Gasteiger partial charge in [-0.05, 0) is 66.9 Å². The van der Waals surface area contributed by atoms with Gasteiger partial charge >= 0.3 is 0 Å². The minimum absolute atomic E-state index is 0.584. The van der Waals surface area contributed by atoms with Crippen LogP contribution >= 0.6 is 12.2 Å². The highest BCUT2D eigenvalue weighted by atomic mass is 32.1. The quantitative estimate of drug-likeness (QED) is 0.680. The number of hydrogen-bond acceptors (Lipinski definition) is 2. The van der Waals surface area contributed by atoms with Crippen LogP contribution < -0.4 is 10.6 Å². The summed E-state index contributed by atoms with van der Waals surface area (Å²) in [5.74, 6) is 0. The van der Waals surface area contributed by atoms with Crippen molar-refractivity contribution in [1.29, 1.82) is 0 Å². The lowest BCUT2D eigenvalue weighted by atomic mass is 10.1. The van der Waals surface area contributed by atoms with Crippen LogP contribution in [0.2, 0.25) is 0 Å². The van der Waals surface area contributed by atoms with Gasteiger partial charge in [-0.1, -0.05) is 24.3 Å². The SMILES string of the molecule is S=C(Nc1ccc2c(c1)CCC2)Nc1cccc2cccnc12. The molecule has 1 aromatic heterocycles. The number of benzene rings is 2. The molecule has 4 heteroatoms. The van der Waals surface area contributed by atoms with Crippen LogP contribution in [0.4, 0.5) is 11.4 Å². The molecule has 0 spiro atoms. The van der Waals surface area contributed by atoms with Crippen molar-refractivity contribution < 1.29 is 0 Å². The van der Waals surface area contributed by atoms with E-state index in [1.165, 1.54) is 24.0 Å². The monoisotopic (exact) mass is 319 g/mol. The van der Waals surface area contributed by atoms with Crippen LogP contribution in [-0.2, 0) is 12.8 Å². The minimum Gasteiger partial charge on any atom is -0.332 e. The van der Waals surface area contributed by atoms with Crippen LogP contribution in [-0.4, -0.2) is 10.1 Å². The van der Waals surface area contributed by atoms with E-state index >= 15 is 0 Å². The third kappa shape index (κ3) is 2.90. The van der Waals surface area contributed by atoms with Gasteiger partial charge in [0.25, 0.3) is 0 Å². The summed E-state index contributed by atoms with van der Waals surface area (Å²) < 4.78 is 0. The summed E-state index contributed by atoms with van der Waals surface area (Å²) in [5.41, 5.74) is 5.78. The van der Waals surface area contributed by atoms with Crippen molar-refractivity contribution in [3.05, 3.63) is 65.9 Å². The van der Waals surface area contributed by atoms with E-state index in [4.69, 9.17) is 12.2 Å². The van der Waals surface area contributed by atoms with E-state index in [1.807, 2.05) is 30.3 Å². The highest BCUT2D eigenvalue weighted by Gasteiger charge is 2.11. The molecule has 0 aliphatic heterocycles. The molecular weight excluding hydrogens is 302 g/mol. The number of anilines is 2. The lowest BCUT2D eigenvalue weighted by Crippen LogP contribution is -2.19. The number of rotatable bonds is 2. The Balaban J connectivity index is 1.53. The van der Waals surface area contributed by atoms with Gasteiger partial charge in [0.15, 0.2) is 5.11 Å². The fraction of sp³-hybridized carbons (Fsp3) is 0.158. The molecule has 2 aromatic carbocycles. The molecule has 0 radical (unpaired) electrons. The van der Waals surface area contributed by atoms with Crippen LogP contribution in [0.5, 0.6) is 0 Å². The Morgan fingerprint density at radius 1 is 0.957 bits per heavy atom. The molecule has 4 rings (SSSR count). The Morgan fingerprint density at radius 3 is 2.78 bits per heavy atom. The molecule has 0 fully saturated rings. The van der Waals surface area contributed by atoms with Crippen molar-refractivity contribution in [1.82, 2.24) is 4.98 Å². The Hall–Kier alpha value is -2.46. The number of fused-ring (bicyclic) bond motifs is 2. The Labute approximate surface area is 140 Å². The summed E-state index contributed by atoms with van der Waals surface area (Å²) >= 11 is 5.46. The van der Waals surface area contributed by atoms with Crippen LogP contribution in [0.15, 0.2) is 54.7 Å². The average Bonchev–Trinajstić information content (AvgIpc) is 3.03. The first-order valence-corrected chi connectivity index (χ1v) is 8.24. The van der Waals surface area contributed by atoms with Crippen molar-refractivity contribution in [3.8, 4) is 0 Å². The smallest absolute Gasteiger partial charge is 0.175 e. The van der Waals surface area contributed by atoms with Gasteiger partial charge in [-0.15, -0.1) is 0 Å². The van der Waals surface area contributed by atoms with Gasteiger partial charge in [0, 0.05) is 17.3 Å². The van der Waals surface area contributed by atoms with Crippen molar-refractivity contribution in [2.24, 2.45) is 0 Å². The second-order valence-corrected chi connectivity index (χ2v) is 6.21. The standard InChI is InChI=1S/C19H17N3S/c23-19(21-16-10-9-13-4-1-6-15(13)12-16)22-17-8-2-5-14-7-3-11-20-18(14)17/h2-3,5,7-12H,1,4,6H2,(H2,21,22,23). The topological polar surface area (TPSA) is 37.0 Å². The number of thiocarbonyl (C=S) groups is 1. The van der Waals surface area contributed by atoms with E-state index in [9.17, 15) is 0 Å². The fourth-order valence-corrected chi connectivity index (χ4v) is 3.37. The molecule has 0 atom stereocenters. The number of para-hydroxylation sites is 1. The maximum absolute atomic E-state index is 5.46. The zero-order valence-corrected chi connectivity index (χ0v) is 13.5. The normalized spacial score (nSPS) is 12.9. The third-order valence-electron chi connectivity index (χ3n) is 4.24. The van der Waals surface area contributed by atoms with Gasteiger partial charge in [-0.25, -0.2) is 0 Å². The van der Waals surface area contributed by atoms with Crippen LogP contribution in [0, 0.1) is 0 Å². The molecular formula is C19H17N3S. The molecule has 3 nitrogen and oxygen atoms in total. The van der Waals surface area contributed by atoms with E-state index in [0.717, 1.165) is 28.7 Å². The molecule has 0 saturated carbocycles. The van der Waals surface area contributed by atoms with E-state index in [1.54, 1.807) is 6.20 Å². The second kappa shape index (κ2) is 5.97. The van der Waals surface area contributed by atoms with E-state index in [2.05, 4.69) is 33.8 Å². The van der Waals surface area contributed by atoms with Gasteiger partial charge in [-0.3, -0.25) is 4.98 Å². The number of nitrogens with zero attached hydrogens (tertiary/aromatic N) is 1. The number of aryl methyl sites for hydroxylation is 2. The van der Waals surface area contributed by atoms with E-state index in [-0.39, 0.29) is 0 Å². The summed E-state index contributed by atoms with van der Waals surface area (Å²) in [6, 6.07) is 16.5. The molecule has 2 N–H and O–H groups in total. The molecule has 3 aromatic rings. The molecule has 0 bridgehead atoms. The first kappa shape index (κ1) is 14.2. The summed E-state index contributed by atoms with van der Waals surface area (Å²) in [7, 11) is 0. The third-order valence-corrected chi connectivity index (χ3v) is 4.44. The second-order valence-electron chi connectivity index (χ2n) is 5.80. The number of pyridine rings is 1. The van der Waals surface area contributed by atoms with Crippen molar-refractivity contribution >= 4 is 39.6 Å². The van der Waals surface area contributed by atoms with Crippen LogP contribution in [0.25, 0.3) is 10.9 Å². The number of aromatic nitrogens is 1. The summed E-state index contributed by atoms with van der Waals surface area (Å²) in [5, 5.41) is 8.22. The summed E-state index contributed by atoms with van der Waals surface area (Å²) in [6.07, 6.45) is 5.41. The maximum atomic E-state index is 5.46. The maximum Gasteiger partial charge on any atom is 0.175 e. The van der Waals surface area contributed by atoms with Crippen molar-refractivity contribution in [2.45, 2.75) is 19.3 Å². The number of hydrogen-bond donors (Lipinski definition) is 2. The molecule has 0 saturated heterocycles. The number of nitrogens with one attached hydrogen (secondary N) is 2. The van der Waals surface area contributed by atoms with Crippen LogP contribution in [0.1, 0.15) is 17.5 Å². The lowest BCUT2D eigenvalue weighted by Gasteiger charge is -2.13. The summed E-state index contributed by atoms with van der Waals surface area (Å²) in [4.78, 5) is 4.44. The Bertz CT molecular complexity index is 883. The fourth-order valence-electron chi connectivity index (χ4n) is 3.14. The Kier molecular flexibility index (Phi) is 3.67. The summed E-state index contributed by atoms with van der Waals surface area (Å²) in [6.45, 7) is 0. The predicted octanol–water partition coefficient (Wildman–Crippen LogP) is 4.53. The first-order chi connectivity index (χ1) is 11.3. The van der Waals surface area contributed by atoms with Crippen molar-refractivity contribution in [2.75, 3.05) is 10.6 Å². The van der Waals surface area contributed by atoms with Crippen LogP contribution in [0.3, 0.4) is 0 Å². The zero-order valence-electron chi connectivity index (χ0n) is 12.7.